The monoisotopic (exact) mass is 312 g/mol. The van der Waals surface area contributed by atoms with Crippen molar-refractivity contribution in [2.45, 2.75) is 44.9 Å². The molecule has 0 amide bonds. The molecule has 4 saturated carbocycles. The van der Waals surface area contributed by atoms with Gasteiger partial charge in [-0.2, -0.15) is 0 Å². The number of nitrogens with zero attached hydrogens (tertiary/aromatic N) is 2. The van der Waals surface area contributed by atoms with Gasteiger partial charge in [0.05, 0.1) is 4.92 Å². The van der Waals surface area contributed by atoms with E-state index < -0.39 is 0 Å². The van der Waals surface area contributed by atoms with Gasteiger partial charge in [0.15, 0.2) is 0 Å². The molecule has 0 heterocycles. The summed E-state index contributed by atoms with van der Waals surface area (Å²) < 4.78 is 0. The second-order valence-corrected chi connectivity index (χ2v) is 8.07. The molecule has 4 fully saturated rings. The molecule has 2 atom stereocenters. The van der Waals surface area contributed by atoms with Crippen LogP contribution < -0.4 is 0 Å². The highest BCUT2D eigenvalue weighted by Gasteiger charge is 2.47. The zero-order valence-corrected chi connectivity index (χ0v) is 13.5. The van der Waals surface area contributed by atoms with Crippen LogP contribution in [0.4, 0.5) is 5.69 Å². The molecule has 122 valence electrons. The molecule has 4 bridgehead atoms. The van der Waals surface area contributed by atoms with Crippen LogP contribution in [-0.4, -0.2) is 17.7 Å². The van der Waals surface area contributed by atoms with Crippen molar-refractivity contribution in [2.24, 2.45) is 28.2 Å². The Bertz CT molecular complexity index is 609. The van der Waals surface area contributed by atoms with Gasteiger partial charge in [0.2, 0.25) is 0 Å². The van der Waals surface area contributed by atoms with Crippen molar-refractivity contribution in [1.29, 1.82) is 0 Å². The normalized spacial score (nSPS) is 35.6. The molecular formula is C19H24N2O2. The zero-order valence-electron chi connectivity index (χ0n) is 13.5. The van der Waals surface area contributed by atoms with Crippen molar-refractivity contribution in [3.63, 3.8) is 0 Å². The lowest BCUT2D eigenvalue weighted by Gasteiger charge is -2.44. The minimum atomic E-state index is -0.361. The number of rotatable bonds is 4. The summed E-state index contributed by atoms with van der Waals surface area (Å²) in [7, 11) is 0. The third-order valence-electron chi connectivity index (χ3n) is 6.30. The van der Waals surface area contributed by atoms with Crippen molar-refractivity contribution in [3.8, 4) is 0 Å². The molecule has 5 rings (SSSR count). The maximum atomic E-state index is 10.7. The highest BCUT2D eigenvalue weighted by atomic mass is 16.6. The summed E-state index contributed by atoms with van der Waals surface area (Å²) in [5.41, 5.74) is 1.53. The molecule has 4 aliphatic rings. The summed E-state index contributed by atoms with van der Waals surface area (Å²) in [6.45, 7) is 0.934. The van der Waals surface area contributed by atoms with Gasteiger partial charge in [-0.15, -0.1) is 0 Å². The van der Waals surface area contributed by atoms with E-state index in [-0.39, 0.29) is 10.6 Å². The zero-order chi connectivity index (χ0) is 15.9. The van der Waals surface area contributed by atoms with Gasteiger partial charge in [0, 0.05) is 24.9 Å². The van der Waals surface area contributed by atoms with Gasteiger partial charge in [-0.3, -0.25) is 15.1 Å². The molecule has 0 aliphatic heterocycles. The Morgan fingerprint density at radius 1 is 1.13 bits per heavy atom. The molecule has 1 aromatic carbocycles. The summed E-state index contributed by atoms with van der Waals surface area (Å²) in [6.07, 6.45) is 11.8. The third-order valence-corrected chi connectivity index (χ3v) is 6.30. The first-order valence-corrected chi connectivity index (χ1v) is 8.86. The van der Waals surface area contributed by atoms with Crippen molar-refractivity contribution < 1.29 is 4.92 Å². The van der Waals surface area contributed by atoms with E-state index in [0.717, 1.165) is 29.9 Å². The Balaban J connectivity index is 1.44. The van der Waals surface area contributed by atoms with E-state index in [9.17, 15) is 10.1 Å². The van der Waals surface area contributed by atoms with E-state index in [4.69, 9.17) is 4.99 Å². The summed E-state index contributed by atoms with van der Waals surface area (Å²) >= 11 is 0. The molecule has 0 spiro atoms. The molecule has 0 radical (unpaired) electrons. The largest absolute Gasteiger partial charge is 0.292 e. The SMILES string of the molecule is O=[N+]([O-])c1ccc(C=NCC23CCC4CC(CC(C4)C2)C3)cc1. The average Bonchev–Trinajstić information content (AvgIpc) is 2.72. The Hall–Kier alpha value is -1.71. The van der Waals surface area contributed by atoms with E-state index >= 15 is 0 Å². The van der Waals surface area contributed by atoms with Crippen LogP contribution in [0.1, 0.15) is 50.5 Å². The predicted molar refractivity (Wildman–Crippen MR) is 90.8 cm³/mol. The first-order valence-electron chi connectivity index (χ1n) is 8.86. The number of hydrogen-bond acceptors (Lipinski definition) is 3. The van der Waals surface area contributed by atoms with Gasteiger partial charge in [0.25, 0.3) is 5.69 Å². The maximum absolute atomic E-state index is 10.7. The van der Waals surface area contributed by atoms with Crippen molar-refractivity contribution in [1.82, 2.24) is 0 Å². The minimum Gasteiger partial charge on any atom is -0.292 e. The van der Waals surface area contributed by atoms with Crippen LogP contribution >= 0.6 is 0 Å². The van der Waals surface area contributed by atoms with E-state index in [0.29, 0.717) is 5.41 Å². The number of benzene rings is 1. The van der Waals surface area contributed by atoms with Crippen LogP contribution in [0.3, 0.4) is 0 Å². The smallest absolute Gasteiger partial charge is 0.269 e. The standard InChI is InChI=1S/C19H24N2O2/c22-21(23)18-3-1-14(2-4-18)12-20-13-19-6-5-15-7-16(10-19)9-17(8-15)11-19/h1-4,12,15-17H,5-11,13H2. The van der Waals surface area contributed by atoms with Crippen LogP contribution in [0.5, 0.6) is 0 Å². The fraction of sp³-hybridized carbons (Fsp3) is 0.632. The number of nitro benzene ring substituents is 1. The summed E-state index contributed by atoms with van der Waals surface area (Å²) in [4.78, 5) is 15.1. The fourth-order valence-corrected chi connectivity index (χ4v) is 5.53. The number of nitro groups is 1. The van der Waals surface area contributed by atoms with Crippen molar-refractivity contribution in [3.05, 3.63) is 39.9 Å². The fourth-order valence-electron chi connectivity index (χ4n) is 5.53. The third kappa shape index (κ3) is 3.04. The van der Waals surface area contributed by atoms with Crippen LogP contribution in [0.15, 0.2) is 29.3 Å². The molecule has 2 unspecified atom stereocenters. The lowest BCUT2D eigenvalue weighted by Crippen LogP contribution is -2.36. The Morgan fingerprint density at radius 3 is 2.43 bits per heavy atom. The molecule has 4 nitrogen and oxygen atoms in total. The number of hydrogen-bond donors (Lipinski definition) is 0. The quantitative estimate of drug-likeness (QED) is 0.463. The van der Waals surface area contributed by atoms with Crippen LogP contribution in [0.2, 0.25) is 0 Å². The van der Waals surface area contributed by atoms with Gasteiger partial charge < -0.3 is 0 Å². The Kier molecular flexibility index (Phi) is 3.70. The second kappa shape index (κ2) is 5.73. The van der Waals surface area contributed by atoms with Gasteiger partial charge >= 0.3 is 0 Å². The van der Waals surface area contributed by atoms with E-state index in [2.05, 4.69) is 0 Å². The number of aliphatic imine (C=N–C) groups is 1. The lowest BCUT2D eigenvalue weighted by molar-refractivity contribution is -0.384. The first-order chi connectivity index (χ1) is 11.1. The summed E-state index contributed by atoms with van der Waals surface area (Å²) in [6, 6.07) is 6.67. The molecular weight excluding hydrogens is 288 g/mol. The van der Waals surface area contributed by atoms with Gasteiger partial charge in [-0.1, -0.05) is 0 Å². The Labute approximate surface area is 137 Å². The van der Waals surface area contributed by atoms with Crippen molar-refractivity contribution >= 4 is 11.9 Å². The molecule has 4 heteroatoms. The van der Waals surface area contributed by atoms with Crippen LogP contribution in [-0.2, 0) is 0 Å². The van der Waals surface area contributed by atoms with Crippen molar-refractivity contribution in [2.75, 3.05) is 6.54 Å². The van der Waals surface area contributed by atoms with E-state index in [1.165, 1.54) is 44.9 Å². The topological polar surface area (TPSA) is 55.5 Å². The minimum absolute atomic E-state index is 0.138. The summed E-state index contributed by atoms with van der Waals surface area (Å²) in [5.74, 6) is 2.89. The van der Waals surface area contributed by atoms with Gasteiger partial charge in [0.1, 0.15) is 0 Å². The molecule has 0 saturated heterocycles. The molecule has 4 aliphatic carbocycles. The highest BCUT2D eigenvalue weighted by Crippen LogP contribution is 2.57. The number of non-ortho nitro benzene ring substituents is 1. The average molecular weight is 312 g/mol. The maximum Gasteiger partial charge on any atom is 0.269 e. The number of fused-ring (bicyclic) bond motifs is 1. The van der Waals surface area contributed by atoms with E-state index in [1.54, 1.807) is 24.3 Å². The Morgan fingerprint density at radius 2 is 1.78 bits per heavy atom. The molecule has 1 aromatic rings. The van der Waals surface area contributed by atoms with E-state index in [1.807, 2.05) is 6.21 Å². The second-order valence-electron chi connectivity index (χ2n) is 8.07. The molecule has 0 aromatic heterocycles. The van der Waals surface area contributed by atoms with Crippen LogP contribution in [0, 0.1) is 33.3 Å². The highest BCUT2D eigenvalue weighted by molar-refractivity contribution is 5.79. The molecule has 23 heavy (non-hydrogen) atoms. The predicted octanol–water partition coefficient (Wildman–Crippen LogP) is 4.62. The lowest BCUT2D eigenvalue weighted by atomic mass is 9.61. The summed E-state index contributed by atoms with van der Waals surface area (Å²) in [5, 5.41) is 10.7. The van der Waals surface area contributed by atoms with Gasteiger partial charge in [-0.05, 0) is 85.8 Å². The molecule has 0 N–H and O–H groups in total. The van der Waals surface area contributed by atoms with Crippen LogP contribution in [0.25, 0.3) is 0 Å². The first kappa shape index (κ1) is 14.9. The van der Waals surface area contributed by atoms with Gasteiger partial charge in [-0.25, -0.2) is 0 Å².